The van der Waals surface area contributed by atoms with Gasteiger partial charge < -0.3 is 9.84 Å². The van der Waals surface area contributed by atoms with Gasteiger partial charge in [0.1, 0.15) is 0 Å². The SMILES string of the molecule is CC(C)c1noc2ncc(C(=O)NC(C)c3ccncc3)cc12. The number of fused-ring (bicyclic) bond motifs is 1. The summed E-state index contributed by atoms with van der Waals surface area (Å²) in [6.45, 7) is 5.98. The van der Waals surface area contributed by atoms with E-state index in [0.29, 0.717) is 11.3 Å². The Bertz CT molecular complexity index is 827. The van der Waals surface area contributed by atoms with Gasteiger partial charge in [-0.25, -0.2) is 4.98 Å². The number of amides is 1. The summed E-state index contributed by atoms with van der Waals surface area (Å²) in [5, 5.41) is 7.77. The minimum atomic E-state index is -0.181. The summed E-state index contributed by atoms with van der Waals surface area (Å²) >= 11 is 0. The van der Waals surface area contributed by atoms with Gasteiger partial charge in [-0.1, -0.05) is 19.0 Å². The Hall–Kier alpha value is -2.76. The predicted molar refractivity (Wildman–Crippen MR) is 86.0 cm³/mol. The van der Waals surface area contributed by atoms with Crippen molar-refractivity contribution in [2.45, 2.75) is 32.7 Å². The van der Waals surface area contributed by atoms with Crippen molar-refractivity contribution in [3.05, 3.63) is 53.6 Å². The number of hydrogen-bond donors (Lipinski definition) is 1. The van der Waals surface area contributed by atoms with Crippen LogP contribution in [-0.2, 0) is 0 Å². The second-order valence-corrected chi connectivity index (χ2v) is 5.77. The smallest absolute Gasteiger partial charge is 0.257 e. The number of nitrogens with one attached hydrogen (secondary N) is 1. The molecule has 1 unspecified atom stereocenters. The first-order valence-corrected chi connectivity index (χ1v) is 7.52. The second-order valence-electron chi connectivity index (χ2n) is 5.77. The molecule has 6 heteroatoms. The molecule has 0 aliphatic carbocycles. The number of aromatic nitrogens is 3. The molecule has 1 amide bonds. The quantitative estimate of drug-likeness (QED) is 0.800. The van der Waals surface area contributed by atoms with E-state index in [2.05, 4.69) is 20.4 Å². The topological polar surface area (TPSA) is 80.9 Å². The third kappa shape index (κ3) is 3.06. The van der Waals surface area contributed by atoms with Gasteiger partial charge >= 0.3 is 0 Å². The van der Waals surface area contributed by atoms with Gasteiger partial charge in [0.2, 0.25) is 0 Å². The molecule has 0 aromatic carbocycles. The molecule has 3 heterocycles. The summed E-state index contributed by atoms with van der Waals surface area (Å²) < 4.78 is 5.20. The molecule has 3 rings (SSSR count). The Balaban J connectivity index is 1.85. The van der Waals surface area contributed by atoms with Gasteiger partial charge in [-0.05, 0) is 36.6 Å². The maximum Gasteiger partial charge on any atom is 0.257 e. The van der Waals surface area contributed by atoms with E-state index in [1.807, 2.05) is 32.9 Å². The number of nitrogens with zero attached hydrogens (tertiary/aromatic N) is 3. The predicted octanol–water partition coefficient (Wildman–Crippen LogP) is 3.23. The van der Waals surface area contributed by atoms with Crippen molar-refractivity contribution in [3.63, 3.8) is 0 Å². The van der Waals surface area contributed by atoms with Crippen LogP contribution in [0.2, 0.25) is 0 Å². The average molecular weight is 310 g/mol. The van der Waals surface area contributed by atoms with E-state index in [1.54, 1.807) is 18.5 Å². The van der Waals surface area contributed by atoms with Gasteiger partial charge in [0.05, 0.1) is 22.7 Å². The molecule has 23 heavy (non-hydrogen) atoms. The number of carbonyl (C=O) groups is 1. The Kier molecular flexibility index (Phi) is 4.06. The van der Waals surface area contributed by atoms with Gasteiger partial charge in [-0.3, -0.25) is 9.78 Å². The molecular formula is C17H18N4O2. The summed E-state index contributed by atoms with van der Waals surface area (Å²) in [5.41, 5.74) is 2.75. The van der Waals surface area contributed by atoms with Crippen molar-refractivity contribution in [1.82, 2.24) is 20.4 Å². The van der Waals surface area contributed by atoms with E-state index >= 15 is 0 Å². The van der Waals surface area contributed by atoms with Crippen LogP contribution in [0.3, 0.4) is 0 Å². The van der Waals surface area contributed by atoms with Crippen molar-refractivity contribution < 1.29 is 9.32 Å². The highest BCUT2D eigenvalue weighted by Gasteiger charge is 2.17. The normalized spacial score (nSPS) is 12.5. The highest BCUT2D eigenvalue weighted by Crippen LogP contribution is 2.24. The van der Waals surface area contributed by atoms with Crippen molar-refractivity contribution in [2.24, 2.45) is 0 Å². The van der Waals surface area contributed by atoms with E-state index in [-0.39, 0.29) is 17.9 Å². The molecule has 0 fully saturated rings. The molecule has 0 aliphatic heterocycles. The van der Waals surface area contributed by atoms with Crippen LogP contribution >= 0.6 is 0 Å². The lowest BCUT2D eigenvalue weighted by molar-refractivity contribution is 0.0939. The summed E-state index contributed by atoms with van der Waals surface area (Å²) in [5.74, 6) is 0.0201. The molecule has 1 N–H and O–H groups in total. The van der Waals surface area contributed by atoms with E-state index in [1.165, 1.54) is 6.20 Å². The fourth-order valence-corrected chi connectivity index (χ4v) is 2.41. The third-order valence-electron chi connectivity index (χ3n) is 3.72. The van der Waals surface area contributed by atoms with Crippen molar-refractivity contribution in [2.75, 3.05) is 0 Å². The fourth-order valence-electron chi connectivity index (χ4n) is 2.41. The van der Waals surface area contributed by atoms with E-state index in [0.717, 1.165) is 16.6 Å². The summed E-state index contributed by atoms with van der Waals surface area (Å²) in [7, 11) is 0. The van der Waals surface area contributed by atoms with Crippen LogP contribution in [0.15, 0.2) is 41.3 Å². The number of rotatable bonds is 4. The molecule has 0 saturated heterocycles. The summed E-state index contributed by atoms with van der Waals surface area (Å²) in [6, 6.07) is 5.42. The highest BCUT2D eigenvalue weighted by atomic mass is 16.5. The van der Waals surface area contributed by atoms with Crippen molar-refractivity contribution in [3.8, 4) is 0 Å². The van der Waals surface area contributed by atoms with Crippen LogP contribution in [0, 0.1) is 0 Å². The van der Waals surface area contributed by atoms with Gasteiger partial charge in [0, 0.05) is 18.6 Å². The van der Waals surface area contributed by atoms with E-state index in [4.69, 9.17) is 4.52 Å². The first kappa shape index (κ1) is 15.1. The summed E-state index contributed by atoms with van der Waals surface area (Å²) in [4.78, 5) is 20.6. The zero-order chi connectivity index (χ0) is 16.4. The lowest BCUT2D eigenvalue weighted by Crippen LogP contribution is -2.26. The molecule has 0 bridgehead atoms. The monoisotopic (exact) mass is 310 g/mol. The Labute approximate surface area is 133 Å². The van der Waals surface area contributed by atoms with Gasteiger partial charge in [0.15, 0.2) is 0 Å². The Morgan fingerprint density at radius 2 is 1.96 bits per heavy atom. The average Bonchev–Trinajstić information content (AvgIpc) is 2.98. The fraction of sp³-hybridized carbons (Fsp3) is 0.294. The van der Waals surface area contributed by atoms with Crippen LogP contribution in [0.5, 0.6) is 0 Å². The van der Waals surface area contributed by atoms with Gasteiger partial charge in [-0.2, -0.15) is 0 Å². The number of pyridine rings is 2. The minimum Gasteiger partial charge on any atom is -0.345 e. The van der Waals surface area contributed by atoms with Gasteiger partial charge in [-0.15, -0.1) is 0 Å². The minimum absolute atomic E-state index is 0.117. The first-order valence-electron chi connectivity index (χ1n) is 7.52. The number of carbonyl (C=O) groups excluding carboxylic acids is 1. The lowest BCUT2D eigenvalue weighted by atomic mass is 10.1. The zero-order valence-electron chi connectivity index (χ0n) is 13.3. The molecule has 1 atom stereocenters. The van der Waals surface area contributed by atoms with Crippen molar-refractivity contribution >= 4 is 17.0 Å². The first-order chi connectivity index (χ1) is 11.1. The summed E-state index contributed by atoms with van der Waals surface area (Å²) in [6.07, 6.45) is 4.92. The van der Waals surface area contributed by atoms with Gasteiger partial charge in [0.25, 0.3) is 11.6 Å². The maximum atomic E-state index is 12.5. The molecule has 0 radical (unpaired) electrons. The van der Waals surface area contributed by atoms with Crippen LogP contribution in [0.4, 0.5) is 0 Å². The van der Waals surface area contributed by atoms with Crippen molar-refractivity contribution in [1.29, 1.82) is 0 Å². The molecular weight excluding hydrogens is 292 g/mol. The number of hydrogen-bond acceptors (Lipinski definition) is 5. The molecule has 0 saturated carbocycles. The van der Waals surface area contributed by atoms with Crippen LogP contribution < -0.4 is 5.32 Å². The Morgan fingerprint density at radius 3 is 2.65 bits per heavy atom. The molecule has 3 aromatic heterocycles. The van der Waals surface area contributed by atoms with E-state index in [9.17, 15) is 4.79 Å². The zero-order valence-corrected chi connectivity index (χ0v) is 13.3. The molecule has 3 aromatic rings. The lowest BCUT2D eigenvalue weighted by Gasteiger charge is -2.14. The third-order valence-corrected chi connectivity index (χ3v) is 3.72. The second kappa shape index (κ2) is 6.16. The van der Waals surface area contributed by atoms with Crippen LogP contribution in [-0.4, -0.2) is 21.0 Å². The highest BCUT2D eigenvalue weighted by molar-refractivity contribution is 5.97. The van der Waals surface area contributed by atoms with Crippen LogP contribution in [0.1, 0.15) is 54.3 Å². The molecule has 0 aliphatic rings. The molecule has 6 nitrogen and oxygen atoms in total. The maximum absolute atomic E-state index is 12.5. The Morgan fingerprint density at radius 1 is 1.22 bits per heavy atom. The van der Waals surface area contributed by atoms with E-state index < -0.39 is 0 Å². The standard InChI is InChI=1S/C17H18N4O2/c1-10(2)15-14-8-13(9-19-17(14)23-21-15)16(22)20-11(3)12-4-6-18-7-5-12/h4-11H,1-3H3,(H,20,22). The van der Waals surface area contributed by atoms with Crippen LogP contribution in [0.25, 0.3) is 11.1 Å². The molecule has 0 spiro atoms. The largest absolute Gasteiger partial charge is 0.345 e. The molecule has 118 valence electrons.